The maximum absolute atomic E-state index is 11.0. The Kier molecular flexibility index (Phi) is 5.11. The van der Waals surface area contributed by atoms with Crippen molar-refractivity contribution in [3.63, 3.8) is 0 Å². The predicted octanol–water partition coefficient (Wildman–Crippen LogP) is 5.83. The van der Waals surface area contributed by atoms with Crippen molar-refractivity contribution in [3.8, 4) is 34.0 Å². The Labute approximate surface area is 184 Å². The van der Waals surface area contributed by atoms with Crippen LogP contribution in [0.25, 0.3) is 39.2 Å². The summed E-state index contributed by atoms with van der Waals surface area (Å²) in [4.78, 5) is 22.7. The van der Waals surface area contributed by atoms with E-state index >= 15 is 0 Å². The third-order valence-electron chi connectivity index (χ3n) is 5.13. The lowest BCUT2D eigenvalue weighted by atomic mass is 10.0. The summed E-state index contributed by atoms with van der Waals surface area (Å²) in [6.45, 7) is 0. The fraction of sp³-hybridized carbons (Fsp3) is 0. The summed E-state index contributed by atoms with van der Waals surface area (Å²) in [5.41, 5.74) is 5.87. The van der Waals surface area contributed by atoms with Crippen molar-refractivity contribution in [2.24, 2.45) is 0 Å². The van der Waals surface area contributed by atoms with Gasteiger partial charge in [-0.1, -0.05) is 66.7 Å². The first-order valence-corrected chi connectivity index (χ1v) is 11.5. The van der Waals surface area contributed by atoms with Crippen LogP contribution in [0.1, 0.15) is 0 Å². The molecule has 0 unspecified atom stereocenters. The summed E-state index contributed by atoms with van der Waals surface area (Å²) in [6.07, 6.45) is 0. The lowest BCUT2D eigenvalue weighted by Crippen LogP contribution is -1.97. The molecule has 0 bridgehead atoms. The van der Waals surface area contributed by atoms with Gasteiger partial charge in [0.1, 0.15) is 11.6 Å². The molecule has 0 aliphatic rings. The molecule has 0 aliphatic heterocycles. The van der Waals surface area contributed by atoms with E-state index < -0.39 is 7.82 Å². The van der Waals surface area contributed by atoms with Gasteiger partial charge in [0.25, 0.3) is 0 Å². The molecule has 5 aromatic rings. The molecule has 4 aromatic carbocycles. The molecule has 0 spiro atoms. The van der Waals surface area contributed by atoms with E-state index in [0.29, 0.717) is 0 Å². The van der Waals surface area contributed by atoms with Crippen molar-refractivity contribution >= 4 is 18.9 Å². The second-order valence-corrected chi connectivity index (χ2v) is 8.44. The normalized spacial score (nSPS) is 11.6. The first-order valence-electron chi connectivity index (χ1n) is 9.97. The number of nitrogens with zero attached hydrogens (tertiary/aromatic N) is 2. The zero-order valence-electron chi connectivity index (χ0n) is 16.9. The fourth-order valence-corrected chi connectivity index (χ4v) is 4.11. The van der Waals surface area contributed by atoms with E-state index in [1.165, 1.54) is 12.1 Å². The third-order valence-corrected chi connectivity index (χ3v) is 5.58. The summed E-state index contributed by atoms with van der Waals surface area (Å²) in [5, 5.41) is 0. The van der Waals surface area contributed by atoms with Gasteiger partial charge in [-0.25, -0.2) is 9.55 Å². The maximum atomic E-state index is 11.0. The number of rotatable bonds is 5. The Hall–Kier alpha value is -3.70. The van der Waals surface area contributed by atoms with Crippen LogP contribution in [0.3, 0.4) is 0 Å². The Morgan fingerprint density at radius 2 is 1.25 bits per heavy atom. The van der Waals surface area contributed by atoms with E-state index in [1.807, 2.05) is 60.7 Å². The van der Waals surface area contributed by atoms with Crippen LogP contribution in [0.2, 0.25) is 0 Å². The van der Waals surface area contributed by atoms with E-state index in [1.54, 1.807) is 12.1 Å². The predicted molar refractivity (Wildman–Crippen MR) is 125 cm³/mol. The van der Waals surface area contributed by atoms with E-state index in [0.717, 1.165) is 39.2 Å². The Morgan fingerprint density at radius 3 is 1.91 bits per heavy atom. The number of phosphoric ester groups is 1. The van der Waals surface area contributed by atoms with Crippen molar-refractivity contribution in [2.75, 3.05) is 0 Å². The van der Waals surface area contributed by atoms with Gasteiger partial charge in [-0.05, 0) is 47.5 Å². The summed E-state index contributed by atoms with van der Waals surface area (Å²) < 4.78 is 17.7. The molecule has 6 nitrogen and oxygen atoms in total. The average Bonchev–Trinajstić information content (AvgIpc) is 3.19. The highest BCUT2D eigenvalue weighted by Crippen LogP contribution is 2.38. The van der Waals surface area contributed by atoms with Crippen molar-refractivity contribution in [1.29, 1.82) is 0 Å². The molecule has 0 atom stereocenters. The van der Waals surface area contributed by atoms with Crippen LogP contribution in [0.15, 0.2) is 103 Å². The molecule has 0 radical (unpaired) electrons. The largest absolute Gasteiger partial charge is 0.524 e. The molecule has 0 saturated heterocycles. The number of hydrogen-bond donors (Lipinski definition) is 2. The minimum atomic E-state index is -4.57. The number of fused-ring (bicyclic) bond motifs is 1. The van der Waals surface area contributed by atoms with Crippen molar-refractivity contribution in [2.45, 2.75) is 0 Å². The van der Waals surface area contributed by atoms with Gasteiger partial charge in [-0.3, -0.25) is 14.4 Å². The molecule has 0 fully saturated rings. The zero-order chi connectivity index (χ0) is 22.1. The van der Waals surface area contributed by atoms with Gasteiger partial charge in [0.2, 0.25) is 0 Å². The van der Waals surface area contributed by atoms with Crippen LogP contribution in [0.4, 0.5) is 0 Å². The summed E-state index contributed by atoms with van der Waals surface area (Å²) in [7, 11) is -4.57. The third kappa shape index (κ3) is 4.07. The van der Waals surface area contributed by atoms with E-state index in [9.17, 15) is 4.57 Å². The zero-order valence-corrected chi connectivity index (χ0v) is 17.8. The quantitative estimate of drug-likeness (QED) is 0.335. The molecule has 1 aromatic heterocycles. The van der Waals surface area contributed by atoms with Gasteiger partial charge in [0.15, 0.2) is 0 Å². The minimum Gasteiger partial charge on any atom is -0.404 e. The first-order chi connectivity index (χ1) is 15.5. The number of imidazole rings is 1. The van der Waals surface area contributed by atoms with E-state index in [-0.39, 0.29) is 5.75 Å². The van der Waals surface area contributed by atoms with Crippen molar-refractivity contribution in [3.05, 3.63) is 103 Å². The molecule has 0 aliphatic carbocycles. The highest BCUT2D eigenvalue weighted by atomic mass is 31.2. The van der Waals surface area contributed by atoms with Gasteiger partial charge in [-0.2, -0.15) is 0 Å². The highest BCUT2D eigenvalue weighted by Gasteiger charge is 2.16. The molecule has 7 heteroatoms. The lowest BCUT2D eigenvalue weighted by molar-refractivity contribution is 0.283. The van der Waals surface area contributed by atoms with Crippen LogP contribution in [-0.4, -0.2) is 19.3 Å². The van der Waals surface area contributed by atoms with Gasteiger partial charge in [0.05, 0.1) is 11.0 Å². The number of hydrogen-bond acceptors (Lipinski definition) is 3. The highest BCUT2D eigenvalue weighted by molar-refractivity contribution is 7.46. The first kappa shape index (κ1) is 20.2. The van der Waals surface area contributed by atoms with E-state index in [4.69, 9.17) is 14.8 Å². The molecule has 1 heterocycles. The molecular weight excluding hydrogens is 423 g/mol. The standard InChI is InChI=1S/C25H19N2O4P/c28-32(29,30)31-22-16-14-19(15-17-22)18-10-12-20(13-11-18)25-26-23-8-4-5-9-24(23)27(25)21-6-2-1-3-7-21/h1-17H,(H2,28,29,30). The van der Waals surface area contributed by atoms with Crippen LogP contribution in [0, 0.1) is 0 Å². The number of benzene rings is 4. The average molecular weight is 442 g/mol. The van der Waals surface area contributed by atoms with Crippen LogP contribution < -0.4 is 4.52 Å². The van der Waals surface area contributed by atoms with Gasteiger partial charge < -0.3 is 4.52 Å². The van der Waals surface area contributed by atoms with E-state index in [2.05, 4.69) is 27.3 Å². The topological polar surface area (TPSA) is 84.6 Å². The lowest BCUT2D eigenvalue weighted by Gasteiger charge is -2.10. The summed E-state index contributed by atoms with van der Waals surface area (Å²) in [6, 6.07) is 32.9. The maximum Gasteiger partial charge on any atom is 0.524 e. The smallest absolute Gasteiger partial charge is 0.404 e. The number of para-hydroxylation sites is 3. The second kappa shape index (κ2) is 8.09. The van der Waals surface area contributed by atoms with Crippen molar-refractivity contribution in [1.82, 2.24) is 9.55 Å². The molecule has 32 heavy (non-hydrogen) atoms. The fourth-order valence-electron chi connectivity index (χ4n) is 3.72. The Morgan fingerprint density at radius 1 is 0.688 bits per heavy atom. The van der Waals surface area contributed by atoms with Crippen LogP contribution >= 0.6 is 7.82 Å². The second-order valence-electron chi connectivity index (χ2n) is 7.28. The molecule has 0 saturated carbocycles. The van der Waals surface area contributed by atoms with Crippen LogP contribution in [0.5, 0.6) is 5.75 Å². The molecule has 2 N–H and O–H groups in total. The number of phosphoric acid groups is 1. The molecule has 158 valence electrons. The minimum absolute atomic E-state index is 0.121. The SMILES string of the molecule is O=P(O)(O)Oc1ccc(-c2ccc(-c3nc4ccccc4n3-c3ccccc3)cc2)cc1. The molecule has 5 rings (SSSR count). The monoisotopic (exact) mass is 442 g/mol. The van der Waals surface area contributed by atoms with Crippen LogP contribution in [-0.2, 0) is 4.57 Å². The Bertz CT molecular complexity index is 1420. The van der Waals surface area contributed by atoms with Gasteiger partial charge in [-0.15, -0.1) is 0 Å². The van der Waals surface area contributed by atoms with Gasteiger partial charge in [0, 0.05) is 11.3 Å². The Balaban J connectivity index is 1.52. The molecular formula is C25H19N2O4P. The molecule has 0 amide bonds. The summed E-state index contributed by atoms with van der Waals surface area (Å²) in [5.74, 6) is 0.977. The van der Waals surface area contributed by atoms with Crippen molar-refractivity contribution < 1.29 is 18.9 Å². The van der Waals surface area contributed by atoms with Gasteiger partial charge >= 0.3 is 7.82 Å². The number of aromatic nitrogens is 2. The summed E-state index contributed by atoms with van der Waals surface area (Å²) >= 11 is 0.